The Bertz CT molecular complexity index is 1060. The van der Waals surface area contributed by atoms with Crippen molar-refractivity contribution in [1.29, 1.82) is 0 Å². The van der Waals surface area contributed by atoms with E-state index in [-0.39, 0.29) is 5.78 Å². The summed E-state index contributed by atoms with van der Waals surface area (Å²) < 4.78 is 7.45. The summed E-state index contributed by atoms with van der Waals surface area (Å²) >= 11 is 0. The minimum atomic E-state index is -0.174. The average Bonchev–Trinajstić information content (AvgIpc) is 3.29. The number of hydrogen-bond acceptors (Lipinski definition) is 4. The highest BCUT2D eigenvalue weighted by molar-refractivity contribution is 6.06. The Labute approximate surface area is 144 Å². The minimum Gasteiger partial charge on any atom is -0.453 e. The average molecular weight is 329 g/mol. The molecule has 0 unspecified atom stereocenters. The Morgan fingerprint density at radius 2 is 2.12 bits per heavy atom. The SMILES string of the molecule is Cc1ccc2cc(C(=O)/C=C/c3ccc(-n4ccnc4)nc3)oc2c1. The summed E-state index contributed by atoms with van der Waals surface area (Å²) in [5.41, 5.74) is 2.66. The van der Waals surface area contributed by atoms with Gasteiger partial charge in [-0.2, -0.15) is 0 Å². The first kappa shape index (κ1) is 15.1. The number of furan rings is 1. The molecule has 25 heavy (non-hydrogen) atoms. The van der Waals surface area contributed by atoms with Crippen molar-refractivity contribution in [3.8, 4) is 5.82 Å². The van der Waals surface area contributed by atoms with E-state index < -0.39 is 0 Å². The van der Waals surface area contributed by atoms with Gasteiger partial charge in [0.2, 0.25) is 5.78 Å². The first-order chi connectivity index (χ1) is 12.2. The van der Waals surface area contributed by atoms with Gasteiger partial charge in [0.25, 0.3) is 0 Å². The van der Waals surface area contributed by atoms with Crippen LogP contribution in [0.5, 0.6) is 0 Å². The lowest BCUT2D eigenvalue weighted by molar-refractivity contribution is 0.102. The molecule has 0 saturated carbocycles. The van der Waals surface area contributed by atoms with E-state index in [1.54, 1.807) is 30.9 Å². The Balaban J connectivity index is 1.53. The van der Waals surface area contributed by atoms with Gasteiger partial charge < -0.3 is 4.42 Å². The van der Waals surface area contributed by atoms with E-state index in [2.05, 4.69) is 9.97 Å². The zero-order valence-corrected chi connectivity index (χ0v) is 13.6. The molecule has 5 nitrogen and oxygen atoms in total. The van der Waals surface area contributed by atoms with Crippen LogP contribution in [0.1, 0.15) is 21.7 Å². The van der Waals surface area contributed by atoms with Crippen molar-refractivity contribution in [1.82, 2.24) is 14.5 Å². The molecule has 0 radical (unpaired) electrons. The zero-order chi connectivity index (χ0) is 17.2. The predicted molar refractivity (Wildman–Crippen MR) is 95.7 cm³/mol. The number of rotatable bonds is 4. The lowest BCUT2D eigenvalue weighted by Gasteiger charge is -2.00. The van der Waals surface area contributed by atoms with Crippen molar-refractivity contribution in [3.05, 3.63) is 84.3 Å². The van der Waals surface area contributed by atoms with Gasteiger partial charge in [-0.15, -0.1) is 0 Å². The zero-order valence-electron chi connectivity index (χ0n) is 13.6. The van der Waals surface area contributed by atoms with Crippen LogP contribution in [0.2, 0.25) is 0 Å². The summed E-state index contributed by atoms with van der Waals surface area (Å²) in [4.78, 5) is 20.7. The summed E-state index contributed by atoms with van der Waals surface area (Å²) in [6.07, 6.45) is 10.1. The van der Waals surface area contributed by atoms with Crippen LogP contribution in [0.3, 0.4) is 0 Å². The lowest BCUT2D eigenvalue weighted by Crippen LogP contribution is -1.94. The third kappa shape index (κ3) is 3.12. The van der Waals surface area contributed by atoms with Crippen LogP contribution in [-0.4, -0.2) is 20.3 Å². The molecule has 0 aliphatic rings. The van der Waals surface area contributed by atoms with Crippen LogP contribution in [0.15, 0.2) is 71.8 Å². The Kier molecular flexibility index (Phi) is 3.74. The Hall–Kier alpha value is -3.47. The fourth-order valence-corrected chi connectivity index (χ4v) is 2.56. The molecular weight excluding hydrogens is 314 g/mol. The van der Waals surface area contributed by atoms with Crippen molar-refractivity contribution in [3.63, 3.8) is 0 Å². The number of nitrogens with zero attached hydrogens (tertiary/aromatic N) is 3. The summed E-state index contributed by atoms with van der Waals surface area (Å²) in [5.74, 6) is 0.931. The molecule has 0 atom stereocenters. The van der Waals surface area contributed by atoms with Crippen LogP contribution in [0, 0.1) is 6.92 Å². The van der Waals surface area contributed by atoms with Gasteiger partial charge in [-0.05, 0) is 54.5 Å². The van der Waals surface area contributed by atoms with Crippen molar-refractivity contribution in [2.24, 2.45) is 0 Å². The number of pyridine rings is 1. The quantitative estimate of drug-likeness (QED) is 0.415. The normalized spacial score (nSPS) is 11.4. The predicted octanol–water partition coefficient (Wildman–Crippen LogP) is 4.22. The smallest absolute Gasteiger partial charge is 0.221 e. The number of hydrogen-bond donors (Lipinski definition) is 0. The molecule has 0 aliphatic carbocycles. The van der Waals surface area contributed by atoms with Gasteiger partial charge in [0, 0.05) is 24.0 Å². The number of carbonyl (C=O) groups excluding carboxylic acids is 1. The van der Waals surface area contributed by atoms with Gasteiger partial charge in [0.15, 0.2) is 5.76 Å². The van der Waals surface area contributed by atoms with Crippen LogP contribution >= 0.6 is 0 Å². The number of imidazole rings is 1. The number of ketones is 1. The maximum Gasteiger partial charge on any atom is 0.221 e. The molecule has 1 aromatic carbocycles. The Morgan fingerprint density at radius 1 is 1.20 bits per heavy atom. The van der Waals surface area contributed by atoms with E-state index >= 15 is 0 Å². The van der Waals surface area contributed by atoms with E-state index in [0.29, 0.717) is 5.76 Å². The maximum absolute atomic E-state index is 12.3. The highest BCUT2D eigenvalue weighted by atomic mass is 16.3. The molecule has 4 rings (SSSR count). The van der Waals surface area contributed by atoms with Gasteiger partial charge in [-0.25, -0.2) is 9.97 Å². The van der Waals surface area contributed by atoms with Gasteiger partial charge in [-0.3, -0.25) is 9.36 Å². The molecule has 0 spiro atoms. The Morgan fingerprint density at radius 3 is 2.88 bits per heavy atom. The molecule has 0 aliphatic heterocycles. The lowest BCUT2D eigenvalue weighted by atomic mass is 10.2. The second-order valence-electron chi connectivity index (χ2n) is 5.77. The molecule has 0 N–H and O–H groups in total. The van der Waals surface area contributed by atoms with E-state index in [4.69, 9.17) is 4.42 Å². The summed E-state index contributed by atoms with van der Waals surface area (Å²) in [5, 5.41) is 0.925. The molecule has 3 heterocycles. The number of carbonyl (C=O) groups is 1. The fraction of sp³-hybridized carbons (Fsp3) is 0.0500. The monoisotopic (exact) mass is 329 g/mol. The van der Waals surface area contributed by atoms with Crippen molar-refractivity contribution < 1.29 is 9.21 Å². The van der Waals surface area contributed by atoms with Crippen LogP contribution in [0.25, 0.3) is 22.9 Å². The second kappa shape index (κ2) is 6.20. The molecule has 0 fully saturated rings. The van der Waals surface area contributed by atoms with E-state index in [9.17, 15) is 4.79 Å². The fourth-order valence-electron chi connectivity index (χ4n) is 2.56. The summed E-state index contributed by atoms with van der Waals surface area (Å²) in [6, 6.07) is 11.4. The third-order valence-electron chi connectivity index (χ3n) is 3.89. The molecule has 0 bridgehead atoms. The summed E-state index contributed by atoms with van der Waals surface area (Å²) in [7, 11) is 0. The minimum absolute atomic E-state index is 0.174. The number of fused-ring (bicyclic) bond motifs is 1. The van der Waals surface area contributed by atoms with Crippen LogP contribution < -0.4 is 0 Å². The first-order valence-electron chi connectivity index (χ1n) is 7.86. The molecule has 5 heteroatoms. The van der Waals surface area contributed by atoms with Crippen LogP contribution in [0.4, 0.5) is 0 Å². The number of allylic oxidation sites excluding steroid dienone is 1. The standard InChI is InChI=1S/C20H15N3O2/c1-14-2-5-16-11-19(25-18(16)10-14)17(24)6-3-15-4-7-20(22-12-15)23-9-8-21-13-23/h2-13H,1H3/b6-3+. The van der Waals surface area contributed by atoms with Gasteiger partial charge in [0.05, 0.1) is 0 Å². The highest BCUT2D eigenvalue weighted by Gasteiger charge is 2.09. The molecular formula is C20H15N3O2. The molecule has 3 aromatic heterocycles. The summed E-state index contributed by atoms with van der Waals surface area (Å²) in [6.45, 7) is 1.99. The van der Waals surface area contributed by atoms with Crippen molar-refractivity contribution >= 4 is 22.8 Å². The number of aryl methyl sites for hydroxylation is 1. The van der Waals surface area contributed by atoms with Crippen LogP contribution in [-0.2, 0) is 0 Å². The van der Waals surface area contributed by atoms with Crippen molar-refractivity contribution in [2.75, 3.05) is 0 Å². The van der Waals surface area contributed by atoms with E-state index in [1.165, 1.54) is 6.08 Å². The van der Waals surface area contributed by atoms with Gasteiger partial charge in [-0.1, -0.05) is 12.1 Å². The third-order valence-corrected chi connectivity index (χ3v) is 3.89. The number of aromatic nitrogens is 3. The van der Waals surface area contributed by atoms with E-state index in [1.807, 2.05) is 48.0 Å². The molecule has 122 valence electrons. The van der Waals surface area contributed by atoms with Gasteiger partial charge >= 0.3 is 0 Å². The molecule has 4 aromatic rings. The topological polar surface area (TPSA) is 60.9 Å². The molecule has 0 saturated heterocycles. The maximum atomic E-state index is 12.3. The molecule has 0 amide bonds. The van der Waals surface area contributed by atoms with Crippen molar-refractivity contribution in [2.45, 2.75) is 6.92 Å². The van der Waals surface area contributed by atoms with E-state index in [0.717, 1.165) is 27.9 Å². The largest absolute Gasteiger partial charge is 0.453 e. The number of benzene rings is 1. The highest BCUT2D eigenvalue weighted by Crippen LogP contribution is 2.21. The van der Waals surface area contributed by atoms with Gasteiger partial charge in [0.1, 0.15) is 17.7 Å². The second-order valence-corrected chi connectivity index (χ2v) is 5.77. The first-order valence-corrected chi connectivity index (χ1v) is 7.86.